The summed E-state index contributed by atoms with van der Waals surface area (Å²) >= 11 is 0. The van der Waals surface area contributed by atoms with Crippen LogP contribution in [0.2, 0.25) is 0 Å². The van der Waals surface area contributed by atoms with Crippen molar-refractivity contribution in [1.82, 2.24) is 0 Å². The molecule has 0 saturated carbocycles. The Morgan fingerprint density at radius 1 is 1.35 bits per heavy atom. The number of carboxylic acids is 1. The van der Waals surface area contributed by atoms with Crippen LogP contribution in [0.25, 0.3) is 0 Å². The zero-order valence-electron chi connectivity index (χ0n) is 9.35. The first-order valence-corrected chi connectivity index (χ1v) is 5.53. The number of benzene rings is 1. The summed E-state index contributed by atoms with van der Waals surface area (Å²) in [5.41, 5.74) is 6.63. The normalized spacial score (nSPS) is 16.0. The predicted molar refractivity (Wildman–Crippen MR) is 64.0 cm³/mol. The first-order valence-electron chi connectivity index (χ1n) is 5.53. The van der Waals surface area contributed by atoms with Crippen molar-refractivity contribution in [2.24, 2.45) is 0 Å². The zero-order chi connectivity index (χ0) is 12.4. The van der Waals surface area contributed by atoms with Crippen molar-refractivity contribution in [3.63, 3.8) is 0 Å². The summed E-state index contributed by atoms with van der Waals surface area (Å²) in [6.45, 7) is 0.558. The lowest BCUT2D eigenvalue weighted by Gasteiger charge is -2.28. The lowest BCUT2D eigenvalue weighted by molar-refractivity contribution is -0.119. The highest BCUT2D eigenvalue weighted by molar-refractivity contribution is 6.02. The Labute approximate surface area is 98.8 Å². The van der Waals surface area contributed by atoms with Crippen LogP contribution >= 0.6 is 0 Å². The van der Waals surface area contributed by atoms with Crippen LogP contribution in [-0.2, 0) is 4.79 Å². The van der Waals surface area contributed by atoms with Crippen LogP contribution in [0.5, 0.6) is 0 Å². The highest BCUT2D eigenvalue weighted by Crippen LogP contribution is 2.27. The molecule has 1 heterocycles. The maximum atomic E-state index is 11.8. The molecular formula is C12H14N2O3. The number of amides is 1. The number of nitrogens with zero attached hydrogens (tertiary/aromatic N) is 1. The summed E-state index contributed by atoms with van der Waals surface area (Å²) in [7, 11) is 0. The first kappa shape index (κ1) is 11.4. The molecule has 5 heteroatoms. The molecule has 0 unspecified atom stereocenters. The Morgan fingerprint density at radius 2 is 2.12 bits per heavy atom. The molecule has 1 aliphatic rings. The van der Waals surface area contributed by atoms with E-state index in [1.807, 2.05) is 0 Å². The van der Waals surface area contributed by atoms with Crippen molar-refractivity contribution >= 4 is 23.3 Å². The van der Waals surface area contributed by atoms with E-state index in [-0.39, 0.29) is 11.5 Å². The molecule has 1 aliphatic heterocycles. The molecule has 1 fully saturated rings. The van der Waals surface area contributed by atoms with Gasteiger partial charge in [0.2, 0.25) is 5.91 Å². The average Bonchev–Trinajstić information content (AvgIpc) is 2.29. The summed E-state index contributed by atoms with van der Waals surface area (Å²) in [5, 5.41) is 9.09. The fraction of sp³-hybridized carbons (Fsp3) is 0.333. The van der Waals surface area contributed by atoms with Crippen molar-refractivity contribution in [1.29, 1.82) is 0 Å². The van der Waals surface area contributed by atoms with Crippen molar-refractivity contribution < 1.29 is 14.7 Å². The molecule has 17 heavy (non-hydrogen) atoms. The summed E-state index contributed by atoms with van der Waals surface area (Å²) in [5.74, 6) is -1.08. The molecular weight excluding hydrogens is 220 g/mol. The minimum absolute atomic E-state index is 0.0376. The second kappa shape index (κ2) is 4.45. The molecule has 1 amide bonds. The van der Waals surface area contributed by atoms with E-state index in [1.54, 1.807) is 6.07 Å². The number of carboxylic acid groups (broad SMARTS) is 1. The van der Waals surface area contributed by atoms with Crippen molar-refractivity contribution in [2.75, 3.05) is 17.2 Å². The number of aromatic carboxylic acids is 1. The van der Waals surface area contributed by atoms with E-state index in [2.05, 4.69) is 0 Å². The van der Waals surface area contributed by atoms with E-state index >= 15 is 0 Å². The lowest BCUT2D eigenvalue weighted by atomic mass is 10.1. The summed E-state index contributed by atoms with van der Waals surface area (Å²) in [6, 6.07) is 4.52. The molecule has 1 aromatic carbocycles. The van der Waals surface area contributed by atoms with Gasteiger partial charge in [-0.1, -0.05) is 0 Å². The van der Waals surface area contributed by atoms with Gasteiger partial charge in [-0.25, -0.2) is 4.79 Å². The van der Waals surface area contributed by atoms with E-state index in [1.165, 1.54) is 17.0 Å². The van der Waals surface area contributed by atoms with Crippen LogP contribution in [0.4, 0.5) is 11.4 Å². The molecule has 90 valence electrons. The highest BCUT2D eigenvalue weighted by atomic mass is 16.4. The number of carbonyl (C=O) groups is 2. The van der Waals surface area contributed by atoms with Gasteiger partial charge in [0.15, 0.2) is 0 Å². The van der Waals surface area contributed by atoms with Gasteiger partial charge >= 0.3 is 5.97 Å². The van der Waals surface area contributed by atoms with Crippen molar-refractivity contribution in [3.8, 4) is 0 Å². The van der Waals surface area contributed by atoms with Gasteiger partial charge in [-0.3, -0.25) is 4.79 Å². The number of nitrogens with two attached hydrogens (primary N) is 1. The number of piperidine rings is 1. The number of anilines is 2. The molecule has 1 aromatic rings. The minimum atomic E-state index is -1.04. The number of hydrogen-bond donors (Lipinski definition) is 2. The molecule has 0 radical (unpaired) electrons. The van der Waals surface area contributed by atoms with E-state index in [9.17, 15) is 9.59 Å². The number of nitrogen functional groups attached to an aromatic ring is 1. The molecule has 0 aliphatic carbocycles. The van der Waals surface area contributed by atoms with Crippen molar-refractivity contribution in [2.45, 2.75) is 19.3 Å². The second-order valence-corrected chi connectivity index (χ2v) is 4.08. The predicted octanol–water partition coefficient (Wildman–Crippen LogP) is 1.48. The topological polar surface area (TPSA) is 83.6 Å². The van der Waals surface area contributed by atoms with Crippen LogP contribution in [-0.4, -0.2) is 23.5 Å². The smallest absolute Gasteiger partial charge is 0.337 e. The number of hydrogen-bond acceptors (Lipinski definition) is 3. The molecule has 0 bridgehead atoms. The first-order chi connectivity index (χ1) is 8.09. The van der Waals surface area contributed by atoms with E-state index < -0.39 is 5.97 Å². The van der Waals surface area contributed by atoms with Crippen LogP contribution in [0.1, 0.15) is 29.6 Å². The van der Waals surface area contributed by atoms with Gasteiger partial charge in [-0.2, -0.15) is 0 Å². The minimum Gasteiger partial charge on any atom is -0.478 e. The fourth-order valence-corrected chi connectivity index (χ4v) is 2.01. The van der Waals surface area contributed by atoms with Gasteiger partial charge in [-0.15, -0.1) is 0 Å². The Kier molecular flexibility index (Phi) is 2.99. The summed E-state index contributed by atoms with van der Waals surface area (Å²) in [6.07, 6.45) is 2.22. The quantitative estimate of drug-likeness (QED) is 0.759. The standard InChI is InChI=1S/C12H14N2O3/c13-8-4-5-9(12(16)17)10(7-8)14-6-2-1-3-11(14)15/h4-5,7H,1-3,6,13H2,(H,16,17). The van der Waals surface area contributed by atoms with Gasteiger partial charge in [0.1, 0.15) is 0 Å². The van der Waals surface area contributed by atoms with E-state index in [0.717, 1.165) is 12.8 Å². The van der Waals surface area contributed by atoms with Gasteiger partial charge in [0, 0.05) is 18.7 Å². The Balaban J connectivity index is 2.45. The third kappa shape index (κ3) is 2.22. The molecule has 0 spiro atoms. The largest absolute Gasteiger partial charge is 0.478 e. The van der Waals surface area contributed by atoms with E-state index in [4.69, 9.17) is 10.8 Å². The molecule has 2 rings (SSSR count). The highest BCUT2D eigenvalue weighted by Gasteiger charge is 2.24. The molecule has 0 aromatic heterocycles. The van der Waals surface area contributed by atoms with Gasteiger partial charge in [0.25, 0.3) is 0 Å². The average molecular weight is 234 g/mol. The third-order valence-corrected chi connectivity index (χ3v) is 2.87. The van der Waals surface area contributed by atoms with Crippen LogP contribution in [0, 0.1) is 0 Å². The zero-order valence-corrected chi connectivity index (χ0v) is 9.35. The van der Waals surface area contributed by atoms with Crippen molar-refractivity contribution in [3.05, 3.63) is 23.8 Å². The molecule has 5 nitrogen and oxygen atoms in total. The van der Waals surface area contributed by atoms with Gasteiger partial charge in [0.05, 0.1) is 11.3 Å². The lowest BCUT2D eigenvalue weighted by Crippen LogP contribution is -2.36. The SMILES string of the molecule is Nc1ccc(C(=O)O)c(N2CCCCC2=O)c1. The number of rotatable bonds is 2. The second-order valence-electron chi connectivity index (χ2n) is 4.08. The monoisotopic (exact) mass is 234 g/mol. The Morgan fingerprint density at radius 3 is 2.76 bits per heavy atom. The molecule has 0 atom stereocenters. The summed E-state index contributed by atoms with van der Waals surface area (Å²) < 4.78 is 0. The van der Waals surface area contributed by atoms with E-state index in [0.29, 0.717) is 24.3 Å². The van der Waals surface area contributed by atoms with Crippen LogP contribution < -0.4 is 10.6 Å². The van der Waals surface area contributed by atoms with Gasteiger partial charge < -0.3 is 15.7 Å². The Bertz CT molecular complexity index is 471. The fourth-order valence-electron chi connectivity index (χ4n) is 2.01. The van der Waals surface area contributed by atoms with Crippen LogP contribution in [0.15, 0.2) is 18.2 Å². The molecule has 3 N–H and O–H groups in total. The molecule has 1 saturated heterocycles. The third-order valence-electron chi connectivity index (χ3n) is 2.87. The van der Waals surface area contributed by atoms with Crippen LogP contribution in [0.3, 0.4) is 0 Å². The maximum Gasteiger partial charge on any atom is 0.337 e. The van der Waals surface area contributed by atoms with Gasteiger partial charge in [-0.05, 0) is 31.0 Å². The Hall–Kier alpha value is -2.04. The summed E-state index contributed by atoms with van der Waals surface area (Å²) in [4.78, 5) is 24.4. The number of carbonyl (C=O) groups excluding carboxylic acids is 1. The maximum absolute atomic E-state index is 11.8.